The van der Waals surface area contributed by atoms with Crippen LogP contribution < -0.4 is 14.5 Å². The van der Waals surface area contributed by atoms with Crippen molar-refractivity contribution in [2.24, 2.45) is 5.16 Å². The molecule has 3 aromatic carbocycles. The van der Waals surface area contributed by atoms with Crippen molar-refractivity contribution in [3.05, 3.63) is 83.9 Å². The summed E-state index contributed by atoms with van der Waals surface area (Å²) in [6, 6.07) is 22.4. The predicted molar refractivity (Wildman–Crippen MR) is 146 cm³/mol. The second kappa shape index (κ2) is 12.9. The number of anilines is 1. The van der Waals surface area contributed by atoms with Gasteiger partial charge in [-0.15, -0.1) is 0 Å². The molecule has 0 spiro atoms. The quantitative estimate of drug-likeness (QED) is 0.199. The van der Waals surface area contributed by atoms with Gasteiger partial charge in [0.2, 0.25) is 10.0 Å². The lowest BCUT2D eigenvalue weighted by Gasteiger charge is -2.13. The van der Waals surface area contributed by atoms with Gasteiger partial charge in [-0.1, -0.05) is 67.7 Å². The number of nitrogens with one attached hydrogen (secondary N) is 1. The van der Waals surface area contributed by atoms with Crippen LogP contribution in [0.4, 0.5) is 5.69 Å². The molecule has 1 amide bonds. The molecule has 0 saturated heterocycles. The molecule has 0 fully saturated rings. The summed E-state index contributed by atoms with van der Waals surface area (Å²) in [7, 11) is 0.384. The molecule has 0 atom stereocenters. The molecular weight excluding hydrogens is 474 g/mol. The Kier molecular flexibility index (Phi) is 9.64. The number of rotatable bonds is 12. The molecule has 7 nitrogen and oxygen atoms in total. The van der Waals surface area contributed by atoms with Crippen LogP contribution in [-0.4, -0.2) is 40.4 Å². The molecule has 0 aliphatic rings. The number of hydrogen-bond acceptors (Lipinski definition) is 6. The molecule has 0 aliphatic heterocycles. The van der Waals surface area contributed by atoms with Crippen LogP contribution in [-0.2, 0) is 10.0 Å². The van der Waals surface area contributed by atoms with Crippen LogP contribution in [0.2, 0.25) is 0 Å². The van der Waals surface area contributed by atoms with Gasteiger partial charge in [0.15, 0.2) is 5.75 Å². The Hall–Kier alpha value is -3.65. The van der Waals surface area contributed by atoms with Gasteiger partial charge in [-0.25, -0.2) is 13.1 Å². The molecule has 0 radical (unpaired) electrons. The topological polar surface area (TPSA) is 88.1 Å². The lowest BCUT2D eigenvalue weighted by molar-refractivity contribution is 0.0981. The maximum absolute atomic E-state index is 12.3. The average Bonchev–Trinajstić information content (AvgIpc) is 2.87. The van der Waals surface area contributed by atoms with Gasteiger partial charge in [-0.2, -0.15) is 0 Å². The number of carbonyl (C=O) groups excluding carboxylic acids is 1. The minimum absolute atomic E-state index is 0.0574. The number of sulfonamides is 1. The normalized spacial score (nSPS) is 11.4. The van der Waals surface area contributed by atoms with Crippen LogP contribution in [0, 0.1) is 0 Å². The van der Waals surface area contributed by atoms with E-state index < -0.39 is 15.9 Å². The smallest absolute Gasteiger partial charge is 0.264 e. The van der Waals surface area contributed by atoms with Gasteiger partial charge in [0.1, 0.15) is 0 Å². The van der Waals surface area contributed by atoms with E-state index in [2.05, 4.69) is 39.9 Å². The number of oxime groups is 1. The van der Waals surface area contributed by atoms with Crippen molar-refractivity contribution in [2.45, 2.75) is 32.6 Å². The molecule has 0 bridgehead atoms. The van der Waals surface area contributed by atoms with E-state index in [9.17, 15) is 13.2 Å². The van der Waals surface area contributed by atoms with Crippen molar-refractivity contribution >= 4 is 27.8 Å². The summed E-state index contributed by atoms with van der Waals surface area (Å²) in [6.45, 7) is 2.05. The zero-order chi connectivity index (χ0) is 26.0. The van der Waals surface area contributed by atoms with E-state index in [1.807, 2.05) is 44.4 Å². The largest absolute Gasteiger partial charge is 0.378 e. The van der Waals surface area contributed by atoms with Crippen LogP contribution in [0.25, 0.3) is 11.1 Å². The Morgan fingerprint density at radius 3 is 2.33 bits per heavy atom. The Bertz CT molecular complexity index is 1270. The minimum Gasteiger partial charge on any atom is -0.378 e. The third kappa shape index (κ3) is 8.23. The van der Waals surface area contributed by atoms with Crippen LogP contribution in [0.3, 0.4) is 0 Å². The fourth-order valence-corrected chi connectivity index (χ4v) is 4.60. The van der Waals surface area contributed by atoms with Gasteiger partial charge in [-0.05, 0) is 59.5 Å². The predicted octanol–water partition coefficient (Wildman–Crippen LogP) is 5.47. The lowest BCUT2D eigenvalue weighted by atomic mass is 10.0. The Morgan fingerprint density at radius 2 is 1.67 bits per heavy atom. The third-order valence-electron chi connectivity index (χ3n) is 5.60. The molecule has 0 aromatic heterocycles. The van der Waals surface area contributed by atoms with Gasteiger partial charge in [0.05, 0.1) is 12.0 Å². The fourth-order valence-electron chi connectivity index (χ4n) is 3.51. The number of carbonyl (C=O) groups is 1. The molecule has 36 heavy (non-hydrogen) atoms. The van der Waals surface area contributed by atoms with Gasteiger partial charge in [0.25, 0.3) is 5.91 Å². The van der Waals surface area contributed by atoms with Crippen LogP contribution in [0.15, 0.2) is 78.0 Å². The molecule has 190 valence electrons. The van der Waals surface area contributed by atoms with Crippen LogP contribution in [0.5, 0.6) is 5.75 Å². The fraction of sp³-hybridized carbons (Fsp3) is 0.286. The van der Waals surface area contributed by atoms with Crippen molar-refractivity contribution in [1.29, 1.82) is 0 Å². The molecule has 0 saturated carbocycles. The molecule has 0 unspecified atom stereocenters. The van der Waals surface area contributed by atoms with Crippen molar-refractivity contribution in [3.63, 3.8) is 0 Å². The maximum atomic E-state index is 12.3. The van der Waals surface area contributed by atoms with Gasteiger partial charge in [-0.3, -0.25) is 4.79 Å². The first-order valence-electron chi connectivity index (χ1n) is 12.0. The lowest BCUT2D eigenvalue weighted by Crippen LogP contribution is -2.32. The third-order valence-corrected chi connectivity index (χ3v) is 6.92. The summed E-state index contributed by atoms with van der Waals surface area (Å²) < 4.78 is 26.3. The van der Waals surface area contributed by atoms with E-state index in [-0.39, 0.29) is 11.3 Å². The Labute approximate surface area is 213 Å². The standard InChI is InChI=1S/C28H33N3O4S/c1-4-5-6-7-19-36(33,34)30-28(32)24-15-17-27(18-16-24)35-29-21-22-11-13-23(14-12-22)25-9-8-10-26(20-25)31(2)3/h8-18,20-21H,4-7,19H2,1-3H3,(H,30,32)/b29-21+. The first-order valence-corrected chi connectivity index (χ1v) is 13.7. The van der Waals surface area contributed by atoms with Crippen LogP contribution >= 0.6 is 0 Å². The minimum atomic E-state index is -3.65. The monoisotopic (exact) mass is 507 g/mol. The molecular formula is C28H33N3O4S. The zero-order valence-corrected chi connectivity index (χ0v) is 21.8. The molecule has 3 aromatic rings. The highest BCUT2D eigenvalue weighted by atomic mass is 32.2. The van der Waals surface area contributed by atoms with Crippen molar-refractivity contribution in [2.75, 3.05) is 24.7 Å². The number of hydrogen-bond donors (Lipinski definition) is 1. The first kappa shape index (κ1) is 26.9. The van der Waals surface area contributed by atoms with Gasteiger partial charge < -0.3 is 9.74 Å². The highest BCUT2D eigenvalue weighted by molar-refractivity contribution is 7.90. The molecule has 3 rings (SSSR count). The molecule has 0 aliphatic carbocycles. The van der Waals surface area contributed by atoms with Crippen molar-refractivity contribution in [3.8, 4) is 16.9 Å². The zero-order valence-electron chi connectivity index (χ0n) is 21.0. The second-order valence-electron chi connectivity index (χ2n) is 8.73. The van der Waals surface area contributed by atoms with E-state index in [0.717, 1.165) is 41.6 Å². The second-order valence-corrected chi connectivity index (χ2v) is 10.6. The van der Waals surface area contributed by atoms with E-state index in [4.69, 9.17) is 4.84 Å². The van der Waals surface area contributed by atoms with Crippen molar-refractivity contribution in [1.82, 2.24) is 4.72 Å². The highest BCUT2D eigenvalue weighted by Crippen LogP contribution is 2.24. The van der Waals surface area contributed by atoms with Gasteiger partial charge >= 0.3 is 0 Å². The summed E-state index contributed by atoms with van der Waals surface area (Å²) in [5.41, 5.74) is 4.49. The van der Waals surface area contributed by atoms with E-state index in [1.165, 1.54) is 12.1 Å². The SMILES string of the molecule is CCCCCCS(=O)(=O)NC(=O)c1ccc(O/N=C/c2ccc(-c3cccc(N(C)C)c3)cc2)cc1. The molecule has 8 heteroatoms. The maximum Gasteiger partial charge on any atom is 0.264 e. The summed E-state index contributed by atoms with van der Waals surface area (Å²) >= 11 is 0. The summed E-state index contributed by atoms with van der Waals surface area (Å²) in [6.07, 6.45) is 4.96. The number of amides is 1. The summed E-state index contributed by atoms with van der Waals surface area (Å²) in [4.78, 5) is 19.7. The van der Waals surface area contributed by atoms with Gasteiger partial charge in [0, 0.05) is 25.3 Å². The van der Waals surface area contributed by atoms with E-state index in [0.29, 0.717) is 12.2 Å². The number of unbranched alkanes of at least 4 members (excludes halogenated alkanes) is 3. The first-order chi connectivity index (χ1) is 17.3. The number of benzene rings is 3. The van der Waals surface area contributed by atoms with E-state index in [1.54, 1.807) is 18.3 Å². The van der Waals surface area contributed by atoms with Crippen molar-refractivity contribution < 1.29 is 18.0 Å². The molecule has 0 heterocycles. The van der Waals surface area contributed by atoms with Crippen LogP contribution in [0.1, 0.15) is 48.5 Å². The summed E-state index contributed by atoms with van der Waals surface area (Å²) in [5, 5.41) is 4.01. The van der Waals surface area contributed by atoms with E-state index >= 15 is 0 Å². The highest BCUT2D eigenvalue weighted by Gasteiger charge is 2.15. The Balaban J connectivity index is 1.53. The average molecular weight is 508 g/mol. The molecule has 1 N–H and O–H groups in total. The Morgan fingerprint density at radius 1 is 0.944 bits per heavy atom. The summed E-state index contributed by atoms with van der Waals surface area (Å²) in [5.74, 6) is -0.281. The number of nitrogens with zero attached hydrogens (tertiary/aromatic N) is 2.